The van der Waals surface area contributed by atoms with Crippen molar-refractivity contribution in [3.63, 3.8) is 0 Å². The van der Waals surface area contributed by atoms with Crippen molar-refractivity contribution in [3.05, 3.63) is 23.3 Å². The van der Waals surface area contributed by atoms with Crippen LogP contribution in [0.2, 0.25) is 0 Å². The van der Waals surface area contributed by atoms with E-state index in [2.05, 4.69) is 4.89 Å². The van der Waals surface area contributed by atoms with Crippen LogP contribution in [0.15, 0.2) is 23.3 Å². The van der Waals surface area contributed by atoms with Gasteiger partial charge < -0.3 is 15.3 Å². The lowest BCUT2D eigenvalue weighted by Gasteiger charge is -2.61. The van der Waals surface area contributed by atoms with Crippen molar-refractivity contribution in [2.45, 2.75) is 84.3 Å². The maximum Gasteiger partial charge on any atom is 0.362 e. The minimum atomic E-state index is -1.71. The molecule has 0 saturated heterocycles. The lowest BCUT2D eigenvalue weighted by Crippen LogP contribution is -2.62. The van der Waals surface area contributed by atoms with Gasteiger partial charge in [-0.05, 0) is 68.1 Å². The monoisotopic (exact) mass is 518 g/mol. The van der Waals surface area contributed by atoms with Crippen molar-refractivity contribution in [1.29, 1.82) is 0 Å². The third-order valence-electron chi connectivity index (χ3n) is 9.98. The molecule has 3 fully saturated rings. The Morgan fingerprint density at radius 1 is 1.16 bits per heavy atom. The molecule has 3 saturated carbocycles. The summed E-state index contributed by atoms with van der Waals surface area (Å²) >= 11 is 0. The van der Waals surface area contributed by atoms with E-state index in [1.165, 1.54) is 6.08 Å². The Balaban J connectivity index is 1.77. The molecule has 3 N–H and O–H groups in total. The summed E-state index contributed by atoms with van der Waals surface area (Å²) in [6.45, 7) is 6.06. The predicted octanol–water partition coefficient (Wildman–Crippen LogP) is 2.37. The highest BCUT2D eigenvalue weighted by molar-refractivity contribution is 6.03. The molecule has 204 valence electrons. The van der Waals surface area contributed by atoms with E-state index in [1.54, 1.807) is 6.08 Å². The molecule has 37 heavy (non-hydrogen) atoms. The van der Waals surface area contributed by atoms with E-state index < -0.39 is 52.8 Å². The number of carbonyl (C=O) groups excluding carboxylic acids is 4. The molecule has 0 bridgehead atoms. The van der Waals surface area contributed by atoms with Crippen LogP contribution in [0.3, 0.4) is 0 Å². The first-order chi connectivity index (χ1) is 17.3. The topological polar surface area (TPSA) is 147 Å². The molecule has 0 aromatic heterocycles. The highest BCUT2D eigenvalue weighted by Crippen LogP contribution is 2.68. The first-order valence-electron chi connectivity index (χ1n) is 13.3. The smallest absolute Gasteiger partial charge is 0.362 e. The summed E-state index contributed by atoms with van der Waals surface area (Å²) in [5.74, 6) is -3.77. The number of hydrogen-bond donors (Lipinski definition) is 3. The summed E-state index contributed by atoms with van der Waals surface area (Å²) in [6.07, 6.45) is 5.29. The minimum Gasteiger partial charge on any atom is -0.393 e. The number of fused-ring (bicyclic) bond motifs is 5. The Hall–Kier alpha value is -2.36. The van der Waals surface area contributed by atoms with E-state index >= 15 is 0 Å². The molecule has 0 amide bonds. The van der Waals surface area contributed by atoms with Crippen molar-refractivity contribution in [1.82, 2.24) is 0 Å². The molecule has 0 spiro atoms. The number of allylic oxidation sites excluding steroid dienone is 3. The summed E-state index contributed by atoms with van der Waals surface area (Å²) < 4.78 is 0. The third kappa shape index (κ3) is 4.10. The molecular formula is C28H38O9. The number of carbonyl (C=O) groups is 4. The van der Waals surface area contributed by atoms with E-state index in [9.17, 15) is 34.5 Å². The van der Waals surface area contributed by atoms with Crippen LogP contribution < -0.4 is 0 Å². The fourth-order valence-corrected chi connectivity index (χ4v) is 8.38. The van der Waals surface area contributed by atoms with E-state index in [1.807, 2.05) is 20.8 Å². The number of aliphatic hydroxyl groups is 3. The molecule has 1 unspecified atom stereocenters. The first-order valence-corrected chi connectivity index (χ1v) is 13.3. The van der Waals surface area contributed by atoms with E-state index in [0.29, 0.717) is 37.7 Å². The molecular weight excluding hydrogens is 480 g/mol. The lowest BCUT2D eigenvalue weighted by atomic mass is 9.44. The second-order valence-corrected chi connectivity index (χ2v) is 11.7. The largest absolute Gasteiger partial charge is 0.393 e. The summed E-state index contributed by atoms with van der Waals surface area (Å²) in [6, 6.07) is 0. The van der Waals surface area contributed by atoms with Crippen molar-refractivity contribution in [2.24, 2.45) is 34.5 Å². The van der Waals surface area contributed by atoms with Crippen molar-refractivity contribution in [3.8, 4) is 0 Å². The normalized spacial score (nSPS) is 39.4. The standard InChI is InChI=1S/C28H38O9/c1-5-6-19(25(34)37-36-15(2)30)21-12-17(31)11-16-7-8-18-20-9-10-28(35,23(33)14-29)26(20,3)13-22(32)24(18)27(16,21)4/h11-12,18-20,22,24,29,32,35H,5-10,13-14H2,1-4H3/t18-,19?,20-,22-,24+,26-,27+,28-/m0/s1. The molecule has 0 aromatic rings. The van der Waals surface area contributed by atoms with Crippen molar-refractivity contribution < 1.29 is 44.3 Å². The summed E-state index contributed by atoms with van der Waals surface area (Å²) in [7, 11) is 0. The average molecular weight is 519 g/mol. The maximum absolute atomic E-state index is 13.1. The molecule has 9 nitrogen and oxygen atoms in total. The number of aliphatic hydroxyl groups excluding tert-OH is 2. The van der Waals surface area contributed by atoms with Crippen LogP contribution in [-0.4, -0.2) is 57.1 Å². The Labute approximate surface area is 216 Å². The molecule has 4 rings (SSSR count). The zero-order valence-corrected chi connectivity index (χ0v) is 22.0. The Morgan fingerprint density at radius 2 is 1.86 bits per heavy atom. The van der Waals surface area contributed by atoms with Crippen LogP contribution in [0, 0.1) is 34.5 Å². The van der Waals surface area contributed by atoms with Gasteiger partial charge in [-0.1, -0.05) is 32.8 Å². The number of rotatable bonds is 6. The van der Waals surface area contributed by atoms with E-state index in [-0.39, 0.29) is 36.4 Å². The fourth-order valence-electron chi connectivity index (χ4n) is 8.38. The summed E-state index contributed by atoms with van der Waals surface area (Å²) in [5, 5.41) is 32.7. The minimum absolute atomic E-state index is 0.0835. The van der Waals surface area contributed by atoms with Gasteiger partial charge in [-0.15, -0.1) is 0 Å². The SMILES string of the molecule is CCCC(C(=O)OOC(C)=O)C1=CC(=O)C=C2CC[C@@H]3[C@H]([C@@H](O)C[C@@]4(C)[C@H]3CC[C@]4(O)C(=O)CO)[C@]21C. The molecule has 0 aliphatic heterocycles. The number of ketones is 2. The van der Waals surface area contributed by atoms with E-state index in [0.717, 1.165) is 12.5 Å². The van der Waals surface area contributed by atoms with Gasteiger partial charge in [-0.2, -0.15) is 0 Å². The highest BCUT2D eigenvalue weighted by atomic mass is 17.2. The van der Waals surface area contributed by atoms with Gasteiger partial charge >= 0.3 is 11.9 Å². The molecule has 0 aromatic carbocycles. The van der Waals surface area contributed by atoms with Crippen LogP contribution in [-0.2, 0) is 29.0 Å². The number of hydrogen-bond acceptors (Lipinski definition) is 9. The Bertz CT molecular complexity index is 1060. The van der Waals surface area contributed by atoms with Gasteiger partial charge in [-0.25, -0.2) is 19.4 Å². The predicted molar refractivity (Wildman–Crippen MR) is 130 cm³/mol. The second-order valence-electron chi connectivity index (χ2n) is 11.7. The van der Waals surface area contributed by atoms with Gasteiger partial charge in [-0.3, -0.25) is 9.59 Å². The maximum atomic E-state index is 13.1. The van der Waals surface area contributed by atoms with Gasteiger partial charge in [0.1, 0.15) is 12.2 Å². The third-order valence-corrected chi connectivity index (χ3v) is 9.98. The Morgan fingerprint density at radius 3 is 2.49 bits per heavy atom. The van der Waals surface area contributed by atoms with Crippen molar-refractivity contribution >= 4 is 23.5 Å². The van der Waals surface area contributed by atoms with Gasteiger partial charge in [0.05, 0.1) is 12.0 Å². The molecule has 4 aliphatic carbocycles. The summed E-state index contributed by atoms with van der Waals surface area (Å²) in [4.78, 5) is 59.2. The van der Waals surface area contributed by atoms with Crippen LogP contribution in [0.4, 0.5) is 0 Å². The summed E-state index contributed by atoms with van der Waals surface area (Å²) in [5.41, 5.74) is -2.06. The van der Waals surface area contributed by atoms with Crippen LogP contribution in [0.5, 0.6) is 0 Å². The molecule has 4 aliphatic rings. The quantitative estimate of drug-likeness (QED) is 0.356. The molecule has 9 heteroatoms. The van der Waals surface area contributed by atoms with Crippen LogP contribution in [0.1, 0.15) is 72.6 Å². The van der Waals surface area contributed by atoms with Crippen molar-refractivity contribution in [2.75, 3.05) is 6.61 Å². The van der Waals surface area contributed by atoms with Gasteiger partial charge in [0.25, 0.3) is 0 Å². The lowest BCUT2D eigenvalue weighted by molar-refractivity contribution is -0.260. The zero-order chi connectivity index (χ0) is 27.3. The Kier molecular flexibility index (Phi) is 7.29. The first kappa shape index (κ1) is 27.7. The molecule has 0 radical (unpaired) electrons. The fraction of sp³-hybridized carbons (Fsp3) is 0.714. The zero-order valence-electron chi connectivity index (χ0n) is 22.0. The van der Waals surface area contributed by atoms with Gasteiger partial charge in [0, 0.05) is 23.7 Å². The molecule has 8 atom stereocenters. The average Bonchev–Trinajstić information content (AvgIpc) is 3.11. The second kappa shape index (κ2) is 9.75. The number of Topliss-reactive ketones (excluding diaryl/α,β-unsaturated/α-hetero) is 1. The highest BCUT2D eigenvalue weighted by Gasteiger charge is 2.69. The van der Waals surface area contributed by atoms with E-state index in [4.69, 9.17) is 4.89 Å². The van der Waals surface area contributed by atoms with Crippen LogP contribution >= 0.6 is 0 Å². The molecule has 0 heterocycles. The van der Waals surface area contributed by atoms with Gasteiger partial charge in [0.15, 0.2) is 11.6 Å². The van der Waals surface area contributed by atoms with Gasteiger partial charge in [0.2, 0.25) is 0 Å². The van der Waals surface area contributed by atoms with Crippen LogP contribution in [0.25, 0.3) is 0 Å².